The third-order valence-corrected chi connectivity index (χ3v) is 4.03. The zero-order valence-electron chi connectivity index (χ0n) is 11.9. The van der Waals surface area contributed by atoms with Crippen LogP contribution in [-0.2, 0) is 22.9 Å². The van der Waals surface area contributed by atoms with Gasteiger partial charge in [0.2, 0.25) is 5.88 Å². The molecule has 5 nitrogen and oxygen atoms in total. The molecule has 0 atom stereocenters. The number of hydrogen-bond acceptors (Lipinski definition) is 5. The SMILES string of the molecule is CCc1cc(CO)cc(Oc2cccc(S(C)(=O)=O)c2)n1. The molecule has 0 unspecified atom stereocenters. The molecule has 1 aromatic heterocycles. The molecule has 0 aliphatic heterocycles. The maximum Gasteiger partial charge on any atom is 0.219 e. The van der Waals surface area contributed by atoms with Crippen molar-refractivity contribution in [1.29, 1.82) is 0 Å². The number of ether oxygens (including phenoxy) is 1. The van der Waals surface area contributed by atoms with E-state index in [-0.39, 0.29) is 11.5 Å². The van der Waals surface area contributed by atoms with E-state index in [1.807, 2.05) is 6.92 Å². The number of nitrogens with zero attached hydrogens (tertiary/aromatic N) is 1. The van der Waals surface area contributed by atoms with Crippen molar-refractivity contribution in [3.63, 3.8) is 0 Å². The molecule has 0 radical (unpaired) electrons. The predicted octanol–water partition coefficient (Wildman–Crippen LogP) is 2.33. The molecule has 2 rings (SSSR count). The van der Waals surface area contributed by atoms with Gasteiger partial charge in [-0.3, -0.25) is 0 Å². The lowest BCUT2D eigenvalue weighted by Crippen LogP contribution is -1.99. The number of benzene rings is 1. The summed E-state index contributed by atoms with van der Waals surface area (Å²) in [6.07, 6.45) is 1.86. The van der Waals surface area contributed by atoms with Crippen molar-refractivity contribution >= 4 is 9.84 Å². The minimum absolute atomic E-state index is 0.102. The van der Waals surface area contributed by atoms with Crippen molar-refractivity contribution in [2.75, 3.05) is 6.26 Å². The molecule has 0 fully saturated rings. The number of aliphatic hydroxyl groups is 1. The lowest BCUT2D eigenvalue weighted by atomic mass is 10.2. The van der Waals surface area contributed by atoms with Crippen LogP contribution in [0, 0.1) is 0 Å². The van der Waals surface area contributed by atoms with Crippen molar-refractivity contribution in [2.24, 2.45) is 0 Å². The lowest BCUT2D eigenvalue weighted by Gasteiger charge is -2.09. The summed E-state index contributed by atoms with van der Waals surface area (Å²) in [7, 11) is -3.28. The van der Waals surface area contributed by atoms with Gasteiger partial charge in [-0.1, -0.05) is 13.0 Å². The fourth-order valence-corrected chi connectivity index (χ4v) is 2.49. The normalized spacial score (nSPS) is 11.4. The summed E-state index contributed by atoms with van der Waals surface area (Å²) in [5.74, 6) is 0.728. The first-order valence-electron chi connectivity index (χ1n) is 6.51. The summed E-state index contributed by atoms with van der Waals surface area (Å²) in [6.45, 7) is 1.85. The van der Waals surface area contributed by atoms with E-state index in [1.54, 1.807) is 24.3 Å². The van der Waals surface area contributed by atoms with Crippen LogP contribution < -0.4 is 4.74 Å². The molecule has 2 aromatic rings. The highest BCUT2D eigenvalue weighted by Gasteiger charge is 2.09. The van der Waals surface area contributed by atoms with E-state index >= 15 is 0 Å². The number of pyridine rings is 1. The summed E-state index contributed by atoms with van der Waals surface area (Å²) < 4.78 is 28.7. The maximum atomic E-state index is 11.5. The molecule has 0 saturated carbocycles. The van der Waals surface area contributed by atoms with Crippen molar-refractivity contribution in [3.05, 3.63) is 47.7 Å². The Hall–Kier alpha value is -1.92. The second-order valence-electron chi connectivity index (χ2n) is 4.67. The maximum absolute atomic E-state index is 11.5. The first-order chi connectivity index (χ1) is 9.92. The van der Waals surface area contributed by atoms with Gasteiger partial charge in [0.1, 0.15) is 5.75 Å². The molecule has 6 heteroatoms. The molecule has 0 aliphatic carbocycles. The van der Waals surface area contributed by atoms with E-state index in [2.05, 4.69) is 4.98 Å². The van der Waals surface area contributed by atoms with E-state index in [9.17, 15) is 13.5 Å². The Morgan fingerprint density at radius 1 is 1.24 bits per heavy atom. The van der Waals surface area contributed by atoms with Gasteiger partial charge in [0.05, 0.1) is 11.5 Å². The van der Waals surface area contributed by atoms with Crippen molar-refractivity contribution in [1.82, 2.24) is 4.98 Å². The molecule has 1 aromatic carbocycles. The molecule has 0 spiro atoms. The summed E-state index contributed by atoms with van der Waals surface area (Å²) >= 11 is 0. The van der Waals surface area contributed by atoms with Crippen LogP contribution in [-0.4, -0.2) is 24.8 Å². The van der Waals surface area contributed by atoms with Crippen LogP contribution >= 0.6 is 0 Å². The molecule has 112 valence electrons. The highest BCUT2D eigenvalue weighted by molar-refractivity contribution is 7.90. The van der Waals surface area contributed by atoms with Gasteiger partial charge in [-0.25, -0.2) is 13.4 Å². The molecule has 0 aliphatic rings. The number of aliphatic hydroxyl groups excluding tert-OH is 1. The molecule has 1 N–H and O–H groups in total. The zero-order chi connectivity index (χ0) is 15.5. The molecular formula is C15H17NO4S. The first-order valence-corrected chi connectivity index (χ1v) is 8.40. The van der Waals surface area contributed by atoms with Gasteiger partial charge in [-0.2, -0.15) is 0 Å². The van der Waals surface area contributed by atoms with Gasteiger partial charge >= 0.3 is 0 Å². The number of rotatable bonds is 5. The van der Waals surface area contributed by atoms with Crippen LogP contribution in [0.25, 0.3) is 0 Å². The van der Waals surface area contributed by atoms with Crippen LogP contribution in [0.5, 0.6) is 11.6 Å². The highest BCUT2D eigenvalue weighted by Crippen LogP contribution is 2.24. The molecular weight excluding hydrogens is 290 g/mol. The topological polar surface area (TPSA) is 76.5 Å². The van der Waals surface area contributed by atoms with E-state index in [0.29, 0.717) is 23.6 Å². The molecule has 1 heterocycles. The number of hydrogen-bond donors (Lipinski definition) is 1. The molecule has 21 heavy (non-hydrogen) atoms. The third kappa shape index (κ3) is 4.03. The van der Waals surface area contributed by atoms with Gasteiger partial charge in [-0.15, -0.1) is 0 Å². The minimum atomic E-state index is -3.28. The lowest BCUT2D eigenvalue weighted by molar-refractivity contribution is 0.281. The Morgan fingerprint density at radius 2 is 2.00 bits per heavy atom. The average molecular weight is 307 g/mol. The van der Waals surface area contributed by atoms with Gasteiger partial charge in [-0.05, 0) is 36.2 Å². The number of aromatic nitrogens is 1. The quantitative estimate of drug-likeness (QED) is 0.917. The smallest absolute Gasteiger partial charge is 0.219 e. The Bertz CT molecular complexity index is 719. The van der Waals surface area contributed by atoms with Gasteiger partial charge in [0.25, 0.3) is 0 Å². The fraction of sp³-hybridized carbons (Fsp3) is 0.267. The van der Waals surface area contributed by atoms with E-state index in [4.69, 9.17) is 4.74 Å². The number of aryl methyl sites for hydroxylation is 1. The molecule has 0 saturated heterocycles. The van der Waals surface area contributed by atoms with Crippen LogP contribution in [0.15, 0.2) is 41.3 Å². The monoisotopic (exact) mass is 307 g/mol. The van der Waals surface area contributed by atoms with E-state index in [1.165, 1.54) is 12.1 Å². The molecule has 0 bridgehead atoms. The van der Waals surface area contributed by atoms with Crippen molar-refractivity contribution < 1.29 is 18.3 Å². The fourth-order valence-electron chi connectivity index (χ4n) is 1.83. The highest BCUT2D eigenvalue weighted by atomic mass is 32.2. The standard InChI is InChI=1S/C15H17NO4S/c1-3-12-7-11(10-17)8-15(16-12)20-13-5-4-6-14(9-13)21(2,18)19/h4-9,17H,3,10H2,1-2H3. The second kappa shape index (κ2) is 6.24. The zero-order valence-corrected chi connectivity index (χ0v) is 12.7. The van der Waals surface area contributed by atoms with E-state index in [0.717, 1.165) is 11.9 Å². The van der Waals surface area contributed by atoms with Crippen LogP contribution in [0.1, 0.15) is 18.2 Å². The van der Waals surface area contributed by atoms with Crippen LogP contribution in [0.4, 0.5) is 0 Å². The van der Waals surface area contributed by atoms with Gasteiger partial charge in [0.15, 0.2) is 9.84 Å². The van der Waals surface area contributed by atoms with Crippen LogP contribution in [0.3, 0.4) is 0 Å². The Kier molecular flexibility index (Phi) is 4.59. The van der Waals surface area contributed by atoms with Crippen LogP contribution in [0.2, 0.25) is 0 Å². The average Bonchev–Trinajstić information content (AvgIpc) is 2.46. The second-order valence-corrected chi connectivity index (χ2v) is 6.68. The first kappa shape index (κ1) is 15.5. The predicted molar refractivity (Wildman–Crippen MR) is 79.2 cm³/mol. The summed E-state index contributed by atoms with van der Waals surface area (Å²) in [5, 5.41) is 9.24. The summed E-state index contributed by atoms with van der Waals surface area (Å²) in [5.41, 5.74) is 1.51. The Morgan fingerprint density at radius 3 is 2.62 bits per heavy atom. The van der Waals surface area contributed by atoms with Crippen molar-refractivity contribution in [3.8, 4) is 11.6 Å². The summed E-state index contributed by atoms with van der Waals surface area (Å²) in [4.78, 5) is 4.49. The number of sulfone groups is 1. The Balaban J connectivity index is 2.34. The minimum Gasteiger partial charge on any atom is -0.439 e. The molecule has 0 amide bonds. The van der Waals surface area contributed by atoms with E-state index < -0.39 is 9.84 Å². The van der Waals surface area contributed by atoms with Gasteiger partial charge in [0, 0.05) is 18.0 Å². The largest absolute Gasteiger partial charge is 0.439 e. The Labute approximate surface area is 124 Å². The third-order valence-electron chi connectivity index (χ3n) is 2.92. The summed E-state index contributed by atoms with van der Waals surface area (Å²) in [6, 6.07) is 9.67. The van der Waals surface area contributed by atoms with Crippen molar-refractivity contribution in [2.45, 2.75) is 24.8 Å². The van der Waals surface area contributed by atoms with Gasteiger partial charge < -0.3 is 9.84 Å².